The van der Waals surface area contributed by atoms with Gasteiger partial charge in [0.1, 0.15) is 5.82 Å². The molecule has 2 aliphatic rings. The fourth-order valence-electron chi connectivity index (χ4n) is 3.37. The van der Waals surface area contributed by atoms with Crippen molar-refractivity contribution in [3.8, 4) is 0 Å². The topological polar surface area (TPSA) is 48.4 Å². The summed E-state index contributed by atoms with van der Waals surface area (Å²) in [6.45, 7) is 10.3. The molecule has 0 unspecified atom stereocenters. The minimum Gasteiger partial charge on any atom is -0.356 e. The molecular formula is C17H24N6S. The van der Waals surface area contributed by atoms with E-state index in [1.54, 1.807) is 11.3 Å². The Morgan fingerprint density at radius 2 is 1.58 bits per heavy atom. The molecule has 0 radical (unpaired) electrons. The van der Waals surface area contributed by atoms with Gasteiger partial charge < -0.3 is 14.7 Å². The SMILES string of the molecule is Cc1cc(N2CCCC2)nc(N2CCN(c3ncc(C)s3)CC2)n1. The Morgan fingerprint density at radius 1 is 0.875 bits per heavy atom. The summed E-state index contributed by atoms with van der Waals surface area (Å²) < 4.78 is 0. The number of thiazole rings is 1. The van der Waals surface area contributed by atoms with Crippen molar-refractivity contribution in [1.82, 2.24) is 15.0 Å². The number of hydrogen-bond acceptors (Lipinski definition) is 7. The lowest BCUT2D eigenvalue weighted by atomic mass is 10.3. The first-order chi connectivity index (χ1) is 11.7. The van der Waals surface area contributed by atoms with Crippen molar-refractivity contribution in [2.24, 2.45) is 0 Å². The number of aromatic nitrogens is 3. The summed E-state index contributed by atoms with van der Waals surface area (Å²) in [6, 6.07) is 2.11. The van der Waals surface area contributed by atoms with Gasteiger partial charge in [0.15, 0.2) is 5.13 Å². The average molecular weight is 344 g/mol. The van der Waals surface area contributed by atoms with E-state index in [9.17, 15) is 0 Å². The molecule has 2 saturated heterocycles. The van der Waals surface area contributed by atoms with Crippen molar-refractivity contribution in [2.45, 2.75) is 26.7 Å². The van der Waals surface area contributed by atoms with Crippen LogP contribution in [0, 0.1) is 13.8 Å². The summed E-state index contributed by atoms with van der Waals surface area (Å²) in [7, 11) is 0. The average Bonchev–Trinajstić information content (AvgIpc) is 3.26. The van der Waals surface area contributed by atoms with Crippen molar-refractivity contribution in [1.29, 1.82) is 0 Å². The maximum absolute atomic E-state index is 4.85. The Morgan fingerprint density at radius 3 is 2.25 bits per heavy atom. The van der Waals surface area contributed by atoms with Crippen molar-refractivity contribution in [3.63, 3.8) is 0 Å². The molecule has 2 aliphatic heterocycles. The predicted molar refractivity (Wildman–Crippen MR) is 99.5 cm³/mol. The van der Waals surface area contributed by atoms with Gasteiger partial charge in [0.25, 0.3) is 0 Å². The molecule has 0 bridgehead atoms. The van der Waals surface area contributed by atoms with E-state index >= 15 is 0 Å². The number of nitrogens with zero attached hydrogens (tertiary/aromatic N) is 6. The van der Waals surface area contributed by atoms with Crippen LogP contribution >= 0.6 is 11.3 Å². The molecule has 2 aromatic heterocycles. The Hall–Kier alpha value is -1.89. The van der Waals surface area contributed by atoms with Gasteiger partial charge in [0.05, 0.1) is 0 Å². The summed E-state index contributed by atoms with van der Waals surface area (Å²) in [5, 5.41) is 1.13. The molecule has 0 N–H and O–H groups in total. The van der Waals surface area contributed by atoms with Crippen LogP contribution < -0.4 is 14.7 Å². The Kier molecular flexibility index (Phi) is 4.26. The molecular weight excluding hydrogens is 320 g/mol. The quantitative estimate of drug-likeness (QED) is 0.852. The first-order valence-electron chi connectivity index (χ1n) is 8.72. The molecule has 0 spiro atoms. The normalized spacial score (nSPS) is 18.5. The van der Waals surface area contributed by atoms with Crippen LogP contribution in [0.2, 0.25) is 0 Å². The van der Waals surface area contributed by atoms with E-state index in [1.807, 2.05) is 6.20 Å². The van der Waals surface area contributed by atoms with E-state index in [1.165, 1.54) is 17.7 Å². The van der Waals surface area contributed by atoms with E-state index in [4.69, 9.17) is 4.98 Å². The van der Waals surface area contributed by atoms with E-state index < -0.39 is 0 Å². The first-order valence-corrected chi connectivity index (χ1v) is 9.54. The van der Waals surface area contributed by atoms with Gasteiger partial charge in [0, 0.05) is 62.1 Å². The third-order valence-corrected chi connectivity index (χ3v) is 5.67. The van der Waals surface area contributed by atoms with Crippen LogP contribution in [0.5, 0.6) is 0 Å². The summed E-state index contributed by atoms with van der Waals surface area (Å²) in [4.78, 5) is 22.4. The largest absolute Gasteiger partial charge is 0.356 e. The fourth-order valence-corrected chi connectivity index (χ4v) is 4.18. The fraction of sp³-hybridized carbons (Fsp3) is 0.588. The van der Waals surface area contributed by atoms with Gasteiger partial charge in [-0.05, 0) is 26.7 Å². The standard InChI is InChI=1S/C17H24N6S/c1-13-11-15(21-5-3-4-6-21)20-16(19-13)22-7-9-23(10-8-22)17-18-12-14(2)24-17/h11-12H,3-10H2,1-2H3. The highest BCUT2D eigenvalue weighted by atomic mass is 32.1. The number of rotatable bonds is 3. The zero-order valence-electron chi connectivity index (χ0n) is 14.4. The molecule has 128 valence electrons. The molecule has 6 nitrogen and oxygen atoms in total. The zero-order chi connectivity index (χ0) is 16.5. The number of anilines is 3. The Balaban J connectivity index is 1.47. The van der Waals surface area contributed by atoms with Gasteiger partial charge in [-0.1, -0.05) is 0 Å². The molecule has 4 rings (SSSR count). The zero-order valence-corrected chi connectivity index (χ0v) is 15.2. The Bertz CT molecular complexity index is 701. The van der Waals surface area contributed by atoms with Crippen molar-refractivity contribution >= 4 is 28.2 Å². The lowest BCUT2D eigenvalue weighted by Crippen LogP contribution is -2.47. The maximum atomic E-state index is 4.85. The van der Waals surface area contributed by atoms with Crippen LogP contribution in [0.4, 0.5) is 16.9 Å². The van der Waals surface area contributed by atoms with Gasteiger partial charge in [-0.25, -0.2) is 9.97 Å². The van der Waals surface area contributed by atoms with E-state index in [0.717, 1.165) is 61.9 Å². The number of hydrogen-bond donors (Lipinski definition) is 0. The summed E-state index contributed by atoms with van der Waals surface area (Å²) in [6.07, 6.45) is 4.49. The van der Waals surface area contributed by atoms with Crippen LogP contribution in [0.15, 0.2) is 12.3 Å². The number of aryl methyl sites for hydroxylation is 2. The highest BCUT2D eigenvalue weighted by Gasteiger charge is 2.22. The monoisotopic (exact) mass is 344 g/mol. The van der Waals surface area contributed by atoms with Crippen LogP contribution in [0.25, 0.3) is 0 Å². The van der Waals surface area contributed by atoms with Gasteiger partial charge in [-0.15, -0.1) is 11.3 Å². The van der Waals surface area contributed by atoms with E-state index in [0.29, 0.717) is 0 Å². The highest BCUT2D eigenvalue weighted by molar-refractivity contribution is 7.15. The second-order valence-electron chi connectivity index (χ2n) is 6.59. The molecule has 0 saturated carbocycles. The van der Waals surface area contributed by atoms with Crippen LogP contribution in [0.3, 0.4) is 0 Å². The minimum atomic E-state index is 0.881. The molecule has 0 atom stereocenters. The molecule has 24 heavy (non-hydrogen) atoms. The smallest absolute Gasteiger partial charge is 0.227 e. The van der Waals surface area contributed by atoms with Crippen molar-refractivity contribution < 1.29 is 0 Å². The molecule has 0 aliphatic carbocycles. The van der Waals surface area contributed by atoms with Gasteiger partial charge in [0.2, 0.25) is 5.95 Å². The van der Waals surface area contributed by atoms with E-state index in [2.05, 4.69) is 44.6 Å². The van der Waals surface area contributed by atoms with E-state index in [-0.39, 0.29) is 0 Å². The predicted octanol–water partition coefficient (Wildman–Crippen LogP) is 2.48. The van der Waals surface area contributed by atoms with Gasteiger partial charge >= 0.3 is 0 Å². The summed E-state index contributed by atoms with van der Waals surface area (Å²) >= 11 is 1.77. The minimum absolute atomic E-state index is 0.881. The molecule has 4 heterocycles. The van der Waals surface area contributed by atoms with Crippen LogP contribution in [-0.2, 0) is 0 Å². The van der Waals surface area contributed by atoms with Crippen molar-refractivity contribution in [2.75, 3.05) is 54.0 Å². The first kappa shape index (κ1) is 15.6. The van der Waals surface area contributed by atoms with Crippen LogP contribution in [-0.4, -0.2) is 54.2 Å². The molecule has 0 aromatic carbocycles. The Labute approximate surface area is 147 Å². The van der Waals surface area contributed by atoms with Crippen molar-refractivity contribution in [3.05, 3.63) is 22.8 Å². The summed E-state index contributed by atoms with van der Waals surface area (Å²) in [5.41, 5.74) is 1.06. The maximum Gasteiger partial charge on any atom is 0.227 e. The lowest BCUT2D eigenvalue weighted by molar-refractivity contribution is 0.637. The second-order valence-corrected chi connectivity index (χ2v) is 7.80. The van der Waals surface area contributed by atoms with Gasteiger partial charge in [-0.3, -0.25) is 0 Å². The second kappa shape index (κ2) is 6.55. The highest BCUT2D eigenvalue weighted by Crippen LogP contribution is 2.25. The third kappa shape index (κ3) is 3.17. The molecule has 7 heteroatoms. The molecule has 0 amide bonds. The van der Waals surface area contributed by atoms with Gasteiger partial charge in [-0.2, -0.15) is 4.98 Å². The molecule has 2 fully saturated rings. The molecule has 2 aromatic rings. The number of piperazine rings is 1. The summed E-state index contributed by atoms with van der Waals surface area (Å²) in [5.74, 6) is 1.97. The third-order valence-electron chi connectivity index (χ3n) is 4.70. The van der Waals surface area contributed by atoms with Crippen LogP contribution in [0.1, 0.15) is 23.4 Å². The lowest BCUT2D eigenvalue weighted by Gasteiger charge is -2.35.